The second-order valence-corrected chi connectivity index (χ2v) is 6.52. The van der Waals surface area contributed by atoms with Crippen molar-refractivity contribution in [3.63, 3.8) is 0 Å². The maximum Gasteiger partial charge on any atom is 0.359 e. The van der Waals surface area contributed by atoms with Gasteiger partial charge in [-0.3, -0.25) is 9.89 Å². The third-order valence-electron chi connectivity index (χ3n) is 4.63. The maximum absolute atomic E-state index is 12.6. The van der Waals surface area contributed by atoms with Crippen LogP contribution >= 0.6 is 0 Å². The summed E-state index contributed by atoms with van der Waals surface area (Å²) < 4.78 is 16.1. The summed E-state index contributed by atoms with van der Waals surface area (Å²) in [5.74, 6) is 0.325. The molecule has 158 valence electrons. The van der Waals surface area contributed by atoms with Crippen LogP contribution in [0.4, 0.5) is 0 Å². The van der Waals surface area contributed by atoms with Crippen molar-refractivity contribution in [1.82, 2.24) is 15.1 Å². The van der Waals surface area contributed by atoms with Crippen molar-refractivity contribution >= 4 is 22.8 Å². The number of carbonyl (C=O) groups is 2. The molecule has 8 heteroatoms. The first kappa shape index (κ1) is 21.2. The summed E-state index contributed by atoms with van der Waals surface area (Å²) in [5.41, 5.74) is 1.78. The van der Waals surface area contributed by atoms with E-state index in [1.54, 1.807) is 18.1 Å². The van der Waals surface area contributed by atoms with Crippen molar-refractivity contribution in [2.45, 2.75) is 20.4 Å². The van der Waals surface area contributed by atoms with Gasteiger partial charge in [0.2, 0.25) is 0 Å². The average molecular weight is 411 g/mol. The number of H-pyrrole nitrogens is 1. The molecular weight excluding hydrogens is 386 g/mol. The molecule has 1 amide bonds. The van der Waals surface area contributed by atoms with Crippen LogP contribution in [0.3, 0.4) is 0 Å². The van der Waals surface area contributed by atoms with Gasteiger partial charge in [0.05, 0.1) is 19.2 Å². The molecule has 8 nitrogen and oxygen atoms in total. The number of carbonyl (C=O) groups excluding carboxylic acids is 2. The quantitative estimate of drug-likeness (QED) is 0.544. The van der Waals surface area contributed by atoms with Crippen LogP contribution in [0.15, 0.2) is 42.5 Å². The van der Waals surface area contributed by atoms with Gasteiger partial charge in [0.1, 0.15) is 0 Å². The molecule has 0 saturated carbocycles. The van der Waals surface area contributed by atoms with Crippen LogP contribution in [-0.2, 0) is 16.1 Å². The van der Waals surface area contributed by atoms with Crippen molar-refractivity contribution in [2.24, 2.45) is 0 Å². The highest BCUT2D eigenvalue weighted by atomic mass is 16.5. The SMILES string of the molecule is CCOc1ccc(CN(CC)C(=O)COC(=O)c2n[nH]c3ccccc23)cc1OC. The molecule has 30 heavy (non-hydrogen) atoms. The summed E-state index contributed by atoms with van der Waals surface area (Å²) in [4.78, 5) is 26.6. The zero-order chi connectivity index (χ0) is 21.5. The van der Waals surface area contributed by atoms with E-state index >= 15 is 0 Å². The Kier molecular flexibility index (Phi) is 6.90. The van der Waals surface area contributed by atoms with Gasteiger partial charge in [0.25, 0.3) is 5.91 Å². The molecule has 3 aromatic rings. The van der Waals surface area contributed by atoms with E-state index in [0.29, 0.717) is 36.6 Å². The van der Waals surface area contributed by atoms with Crippen LogP contribution in [0, 0.1) is 0 Å². The van der Waals surface area contributed by atoms with Gasteiger partial charge in [-0.1, -0.05) is 24.3 Å². The van der Waals surface area contributed by atoms with Crippen LogP contribution < -0.4 is 9.47 Å². The Hall–Kier alpha value is -3.55. The van der Waals surface area contributed by atoms with Crippen molar-refractivity contribution in [2.75, 3.05) is 26.9 Å². The number of rotatable bonds is 9. The zero-order valence-corrected chi connectivity index (χ0v) is 17.3. The number of methoxy groups -OCH3 is 1. The standard InChI is InChI=1S/C22H25N3O5/c1-4-25(13-15-10-11-18(29-5-2)19(12-15)28-3)20(26)14-30-22(27)21-16-8-6-7-9-17(16)23-24-21/h6-12H,4-5,13-14H2,1-3H3,(H,23,24). The minimum absolute atomic E-state index is 0.165. The van der Waals surface area contributed by atoms with E-state index in [0.717, 1.165) is 11.1 Å². The Bertz CT molecular complexity index is 1030. The fourth-order valence-corrected chi connectivity index (χ4v) is 3.09. The molecule has 0 fully saturated rings. The number of esters is 1. The summed E-state index contributed by atoms with van der Waals surface area (Å²) in [5, 5.41) is 7.43. The predicted molar refractivity (Wildman–Crippen MR) is 112 cm³/mol. The van der Waals surface area contributed by atoms with Gasteiger partial charge in [-0.2, -0.15) is 5.10 Å². The number of hydrogen-bond donors (Lipinski definition) is 1. The molecule has 0 bridgehead atoms. The summed E-state index contributed by atoms with van der Waals surface area (Å²) in [6, 6.07) is 12.8. The Morgan fingerprint density at radius 3 is 2.63 bits per heavy atom. The number of para-hydroxylation sites is 1. The molecule has 3 rings (SSSR count). The van der Waals surface area contributed by atoms with E-state index in [9.17, 15) is 9.59 Å². The maximum atomic E-state index is 12.6. The molecule has 0 unspecified atom stereocenters. The molecule has 2 aromatic carbocycles. The molecule has 0 atom stereocenters. The lowest BCUT2D eigenvalue weighted by atomic mass is 10.2. The third kappa shape index (κ3) is 4.71. The Morgan fingerprint density at radius 2 is 1.90 bits per heavy atom. The lowest BCUT2D eigenvalue weighted by Crippen LogP contribution is -2.34. The summed E-state index contributed by atoms with van der Waals surface area (Å²) in [6.07, 6.45) is 0. The molecule has 0 spiro atoms. The number of ether oxygens (including phenoxy) is 3. The molecule has 1 aromatic heterocycles. The van der Waals surface area contributed by atoms with Gasteiger partial charge in [-0.25, -0.2) is 4.79 Å². The number of hydrogen-bond acceptors (Lipinski definition) is 6. The Labute approximate surface area is 174 Å². The van der Waals surface area contributed by atoms with Crippen molar-refractivity contribution in [3.8, 4) is 11.5 Å². The van der Waals surface area contributed by atoms with Crippen LogP contribution in [0.25, 0.3) is 10.9 Å². The first-order chi connectivity index (χ1) is 14.6. The topological polar surface area (TPSA) is 93.7 Å². The first-order valence-electron chi connectivity index (χ1n) is 9.75. The van der Waals surface area contributed by atoms with Crippen LogP contribution in [0.5, 0.6) is 11.5 Å². The molecule has 0 aliphatic heterocycles. The summed E-state index contributed by atoms with van der Waals surface area (Å²) in [6.45, 7) is 4.77. The molecule has 0 radical (unpaired) electrons. The fraction of sp³-hybridized carbons (Fsp3) is 0.318. The van der Waals surface area contributed by atoms with Gasteiger partial charge in [0, 0.05) is 18.5 Å². The number of benzene rings is 2. The van der Waals surface area contributed by atoms with E-state index in [-0.39, 0.29) is 18.2 Å². The highest BCUT2D eigenvalue weighted by molar-refractivity contribution is 6.02. The van der Waals surface area contributed by atoms with Gasteiger partial charge in [-0.05, 0) is 37.6 Å². The molecule has 1 heterocycles. The van der Waals surface area contributed by atoms with Crippen molar-refractivity contribution < 1.29 is 23.8 Å². The minimum atomic E-state index is -0.639. The number of aromatic amines is 1. The number of nitrogens with zero attached hydrogens (tertiary/aromatic N) is 2. The lowest BCUT2D eigenvalue weighted by Gasteiger charge is -2.21. The van der Waals surface area contributed by atoms with Crippen molar-refractivity contribution in [3.05, 3.63) is 53.7 Å². The van der Waals surface area contributed by atoms with E-state index in [2.05, 4.69) is 10.2 Å². The average Bonchev–Trinajstić information content (AvgIpc) is 3.21. The number of nitrogens with one attached hydrogen (secondary N) is 1. The molecule has 1 N–H and O–H groups in total. The Morgan fingerprint density at radius 1 is 1.10 bits per heavy atom. The molecular formula is C22H25N3O5. The van der Waals surface area contributed by atoms with Gasteiger partial charge < -0.3 is 19.1 Å². The largest absolute Gasteiger partial charge is 0.493 e. The highest BCUT2D eigenvalue weighted by Gasteiger charge is 2.19. The summed E-state index contributed by atoms with van der Waals surface area (Å²) in [7, 11) is 1.57. The lowest BCUT2D eigenvalue weighted by molar-refractivity contribution is -0.134. The predicted octanol–water partition coefficient (Wildman–Crippen LogP) is 3.18. The zero-order valence-electron chi connectivity index (χ0n) is 17.3. The number of fused-ring (bicyclic) bond motifs is 1. The molecule has 0 saturated heterocycles. The summed E-state index contributed by atoms with van der Waals surface area (Å²) >= 11 is 0. The highest BCUT2D eigenvalue weighted by Crippen LogP contribution is 2.28. The molecule has 0 aliphatic rings. The van der Waals surface area contributed by atoms with Gasteiger partial charge in [0.15, 0.2) is 23.8 Å². The number of aromatic nitrogens is 2. The van der Waals surface area contributed by atoms with Crippen molar-refractivity contribution in [1.29, 1.82) is 0 Å². The van der Waals surface area contributed by atoms with E-state index in [4.69, 9.17) is 14.2 Å². The van der Waals surface area contributed by atoms with Crippen LogP contribution in [0.2, 0.25) is 0 Å². The van der Waals surface area contributed by atoms with Gasteiger partial charge >= 0.3 is 5.97 Å². The number of amides is 1. The Balaban J connectivity index is 1.63. The van der Waals surface area contributed by atoms with Gasteiger partial charge in [-0.15, -0.1) is 0 Å². The third-order valence-corrected chi connectivity index (χ3v) is 4.63. The van der Waals surface area contributed by atoms with Crippen LogP contribution in [-0.4, -0.2) is 53.8 Å². The monoisotopic (exact) mass is 411 g/mol. The smallest absolute Gasteiger partial charge is 0.359 e. The number of likely N-dealkylation sites (N-methyl/N-ethyl adjacent to an activating group) is 1. The van der Waals surface area contributed by atoms with E-state index < -0.39 is 5.97 Å². The van der Waals surface area contributed by atoms with Crippen LogP contribution in [0.1, 0.15) is 29.9 Å². The van der Waals surface area contributed by atoms with E-state index in [1.807, 2.05) is 50.2 Å². The first-order valence-corrected chi connectivity index (χ1v) is 9.75. The second kappa shape index (κ2) is 9.78. The van der Waals surface area contributed by atoms with E-state index in [1.165, 1.54) is 0 Å². The molecule has 0 aliphatic carbocycles. The minimum Gasteiger partial charge on any atom is -0.493 e. The fourth-order valence-electron chi connectivity index (χ4n) is 3.09. The normalized spacial score (nSPS) is 10.6. The second-order valence-electron chi connectivity index (χ2n) is 6.52.